The van der Waals surface area contributed by atoms with Gasteiger partial charge < -0.3 is 0 Å². The number of benzene rings is 1. The number of hydrogen-bond donors (Lipinski definition) is 0. The average molecular weight is 246 g/mol. The molecule has 3 rings (SSSR count). The lowest BCUT2D eigenvalue weighted by Gasteiger charge is -2.32. The number of anilines is 1. The summed E-state index contributed by atoms with van der Waals surface area (Å²) < 4.78 is 1.39. The molecule has 84 valence electrons. The molecule has 0 amide bonds. The lowest BCUT2D eigenvalue weighted by molar-refractivity contribution is -0.116. The van der Waals surface area contributed by atoms with Crippen molar-refractivity contribution in [1.82, 2.24) is 0 Å². The van der Waals surface area contributed by atoms with Crippen LogP contribution in [-0.4, -0.2) is 11.6 Å². The molecule has 1 aromatic rings. The van der Waals surface area contributed by atoms with Crippen molar-refractivity contribution in [2.24, 2.45) is 5.92 Å². The van der Waals surface area contributed by atoms with Crippen molar-refractivity contribution in [2.75, 3.05) is 4.42 Å². The Kier molecular flexibility index (Phi) is 2.16. The van der Waals surface area contributed by atoms with Crippen LogP contribution in [0.3, 0.4) is 0 Å². The number of carbonyl (C=O) groups excluding carboxylic acids is 2. The quantitative estimate of drug-likeness (QED) is 0.521. The number of ketones is 2. The zero-order valence-electron chi connectivity index (χ0n) is 8.76. The fourth-order valence-corrected chi connectivity index (χ4v) is 2.47. The smallest absolute Gasteiger partial charge is 0.181 e. The number of fused-ring (bicyclic) bond motifs is 2. The van der Waals surface area contributed by atoms with Crippen molar-refractivity contribution in [3.63, 3.8) is 0 Å². The molecule has 1 heterocycles. The largest absolute Gasteiger partial charge is 0.294 e. The third kappa shape index (κ3) is 1.36. The first-order chi connectivity index (χ1) is 8.20. The summed E-state index contributed by atoms with van der Waals surface area (Å²) in [5.41, 5.74) is 1.65. The molecule has 1 unspecified atom stereocenters. The lowest BCUT2D eigenvalue weighted by atomic mass is 9.84. The molecule has 0 fully saturated rings. The number of hydrogen-bond acceptors (Lipinski definition) is 3. The van der Waals surface area contributed by atoms with Crippen LogP contribution in [0.4, 0.5) is 5.69 Å². The standard InChI is InChI=1S/C13H8ClNO2/c14-15-9-5-2-1-4-8(9)13(17)12-10(15)6-3-7-11(12)16/h1-7,12H. The number of para-hydroxylation sites is 1. The second-order valence-corrected chi connectivity index (χ2v) is 4.29. The van der Waals surface area contributed by atoms with E-state index in [9.17, 15) is 9.59 Å². The topological polar surface area (TPSA) is 37.4 Å². The van der Waals surface area contributed by atoms with Crippen LogP contribution in [0.15, 0.2) is 48.2 Å². The maximum atomic E-state index is 12.2. The van der Waals surface area contributed by atoms with Crippen molar-refractivity contribution < 1.29 is 9.59 Å². The molecule has 3 nitrogen and oxygen atoms in total. The van der Waals surface area contributed by atoms with Crippen LogP contribution in [0, 0.1) is 5.92 Å². The molecule has 0 radical (unpaired) electrons. The molecule has 1 aromatic carbocycles. The molecule has 4 heteroatoms. The van der Waals surface area contributed by atoms with Crippen molar-refractivity contribution in [1.29, 1.82) is 0 Å². The van der Waals surface area contributed by atoms with Crippen molar-refractivity contribution in [3.05, 3.63) is 53.8 Å². The highest BCUT2D eigenvalue weighted by Crippen LogP contribution is 2.39. The third-order valence-electron chi connectivity index (χ3n) is 2.98. The van der Waals surface area contributed by atoms with E-state index in [1.807, 2.05) is 6.07 Å². The second kappa shape index (κ2) is 3.57. The fourth-order valence-electron chi connectivity index (χ4n) is 2.17. The van der Waals surface area contributed by atoms with E-state index in [0.717, 1.165) is 0 Å². The van der Waals surface area contributed by atoms with Gasteiger partial charge in [-0.15, -0.1) is 0 Å². The van der Waals surface area contributed by atoms with Crippen LogP contribution in [0.1, 0.15) is 10.4 Å². The zero-order chi connectivity index (χ0) is 12.0. The minimum absolute atomic E-state index is 0.182. The van der Waals surface area contributed by atoms with E-state index >= 15 is 0 Å². The molecule has 0 saturated carbocycles. The summed E-state index contributed by atoms with van der Waals surface area (Å²) in [6, 6.07) is 7.03. The van der Waals surface area contributed by atoms with E-state index in [0.29, 0.717) is 16.9 Å². The lowest BCUT2D eigenvalue weighted by Crippen LogP contribution is -2.37. The number of halogens is 1. The van der Waals surface area contributed by atoms with Crippen LogP contribution in [0.2, 0.25) is 0 Å². The highest BCUT2D eigenvalue weighted by molar-refractivity contribution is 6.33. The first-order valence-corrected chi connectivity index (χ1v) is 5.55. The molecule has 1 aliphatic heterocycles. The zero-order valence-corrected chi connectivity index (χ0v) is 9.52. The summed E-state index contributed by atoms with van der Waals surface area (Å²) in [5.74, 6) is -1.18. The fraction of sp³-hybridized carbons (Fsp3) is 0.0769. The Hall–Kier alpha value is -1.87. The van der Waals surface area contributed by atoms with Gasteiger partial charge in [0.15, 0.2) is 11.6 Å². The Morgan fingerprint density at radius 2 is 1.94 bits per heavy atom. The highest BCUT2D eigenvalue weighted by atomic mass is 35.5. The summed E-state index contributed by atoms with van der Waals surface area (Å²) in [4.78, 5) is 24.0. The first kappa shape index (κ1) is 10.3. The SMILES string of the molecule is O=C1C=CC=C2C1C(=O)c1ccccc1N2Cl. The van der Waals surface area contributed by atoms with Gasteiger partial charge in [0.2, 0.25) is 0 Å². The second-order valence-electron chi connectivity index (χ2n) is 3.95. The maximum Gasteiger partial charge on any atom is 0.181 e. The van der Waals surface area contributed by atoms with E-state index in [2.05, 4.69) is 0 Å². The first-order valence-electron chi connectivity index (χ1n) is 5.21. The third-order valence-corrected chi connectivity index (χ3v) is 3.35. The van der Waals surface area contributed by atoms with Gasteiger partial charge in [0.25, 0.3) is 0 Å². The van der Waals surface area contributed by atoms with Gasteiger partial charge in [-0.1, -0.05) is 18.2 Å². The van der Waals surface area contributed by atoms with Crippen LogP contribution in [-0.2, 0) is 4.79 Å². The summed E-state index contributed by atoms with van der Waals surface area (Å²) in [6.45, 7) is 0. The van der Waals surface area contributed by atoms with Gasteiger partial charge in [-0.05, 0) is 24.3 Å². The Morgan fingerprint density at radius 3 is 2.76 bits per heavy atom. The van der Waals surface area contributed by atoms with Gasteiger partial charge in [-0.3, -0.25) is 14.0 Å². The molecule has 0 spiro atoms. The summed E-state index contributed by atoms with van der Waals surface area (Å²) >= 11 is 6.18. The monoisotopic (exact) mass is 245 g/mol. The van der Waals surface area contributed by atoms with Crippen molar-refractivity contribution in [3.8, 4) is 0 Å². The van der Waals surface area contributed by atoms with Crippen molar-refractivity contribution >= 4 is 29.0 Å². The molecule has 0 aromatic heterocycles. The van der Waals surface area contributed by atoms with Crippen LogP contribution in [0.5, 0.6) is 0 Å². The Bertz CT molecular complexity index is 589. The Labute approximate surface area is 103 Å². The average Bonchev–Trinajstić information content (AvgIpc) is 2.36. The van der Waals surface area contributed by atoms with E-state index in [1.165, 1.54) is 10.5 Å². The van der Waals surface area contributed by atoms with Crippen LogP contribution >= 0.6 is 11.8 Å². The van der Waals surface area contributed by atoms with E-state index in [4.69, 9.17) is 11.8 Å². The van der Waals surface area contributed by atoms with Gasteiger partial charge in [-0.2, -0.15) is 0 Å². The molecule has 0 N–H and O–H groups in total. The van der Waals surface area contributed by atoms with Gasteiger partial charge in [0.1, 0.15) is 5.92 Å². The summed E-state index contributed by atoms with van der Waals surface area (Å²) in [6.07, 6.45) is 4.72. The van der Waals surface area contributed by atoms with Gasteiger partial charge >= 0.3 is 0 Å². The number of rotatable bonds is 0. The minimum Gasteiger partial charge on any atom is -0.294 e. The molecule has 0 saturated heterocycles. The van der Waals surface area contributed by atoms with Gasteiger partial charge in [-0.25, -0.2) is 0 Å². The molecule has 17 heavy (non-hydrogen) atoms. The summed E-state index contributed by atoms with van der Waals surface area (Å²) in [5, 5.41) is 0. The Balaban J connectivity index is 2.24. The van der Waals surface area contributed by atoms with E-state index in [-0.39, 0.29) is 11.6 Å². The predicted molar refractivity (Wildman–Crippen MR) is 64.8 cm³/mol. The number of nitrogens with zero attached hydrogens (tertiary/aromatic N) is 1. The van der Waals surface area contributed by atoms with Crippen molar-refractivity contribution in [2.45, 2.75) is 0 Å². The van der Waals surface area contributed by atoms with Crippen LogP contribution < -0.4 is 4.42 Å². The summed E-state index contributed by atoms with van der Waals surface area (Å²) in [7, 11) is 0. The molecule has 1 atom stereocenters. The van der Waals surface area contributed by atoms with Crippen LogP contribution in [0.25, 0.3) is 0 Å². The molecular formula is C13H8ClNO2. The maximum absolute atomic E-state index is 12.2. The number of Topliss-reactive ketones (excluding diaryl/α,β-unsaturated/α-hetero) is 1. The predicted octanol–water partition coefficient (Wildman–Crippen LogP) is 2.48. The molecular weight excluding hydrogens is 238 g/mol. The Morgan fingerprint density at radius 1 is 1.18 bits per heavy atom. The number of carbonyl (C=O) groups is 2. The normalized spacial score (nSPS) is 22.1. The molecule has 1 aliphatic carbocycles. The van der Waals surface area contributed by atoms with E-state index < -0.39 is 5.92 Å². The van der Waals surface area contributed by atoms with E-state index in [1.54, 1.807) is 30.4 Å². The molecule has 2 aliphatic rings. The number of allylic oxidation sites excluding steroid dienone is 4. The molecule has 0 bridgehead atoms. The van der Waals surface area contributed by atoms with Gasteiger partial charge in [0.05, 0.1) is 11.4 Å². The highest BCUT2D eigenvalue weighted by Gasteiger charge is 2.40. The minimum atomic E-state index is -0.785. The van der Waals surface area contributed by atoms with Gasteiger partial charge in [0, 0.05) is 17.3 Å².